The lowest BCUT2D eigenvalue weighted by Crippen LogP contribution is -2.40. The van der Waals surface area contributed by atoms with Crippen LogP contribution < -0.4 is 5.32 Å². The number of imidazole rings is 1. The van der Waals surface area contributed by atoms with Gasteiger partial charge in [-0.05, 0) is 40.7 Å². The summed E-state index contributed by atoms with van der Waals surface area (Å²) < 4.78 is 98.8. The van der Waals surface area contributed by atoms with Crippen LogP contribution >= 0.6 is 0 Å². The number of nitrogens with one attached hydrogen (secondary N) is 1. The Morgan fingerprint density at radius 2 is 1.93 bits per heavy atom. The number of halogens is 7. The number of Topliss-reactive ketones (excluding diaryl/α,β-unsaturated/α-hetero) is 1. The van der Waals surface area contributed by atoms with Gasteiger partial charge in [-0.15, -0.1) is 0 Å². The van der Waals surface area contributed by atoms with E-state index >= 15 is 0 Å². The summed E-state index contributed by atoms with van der Waals surface area (Å²) in [4.78, 5) is 30.4. The number of rotatable bonds is 8. The number of hydrogen-bond donors (Lipinski definition) is 1. The molecule has 2 amide bonds. The summed E-state index contributed by atoms with van der Waals surface area (Å²) >= 11 is 0. The van der Waals surface area contributed by atoms with Gasteiger partial charge in [0.2, 0.25) is 5.92 Å². The number of alkyl halides is 7. The predicted molar refractivity (Wildman–Crippen MR) is 120 cm³/mol. The second-order valence-electron chi connectivity index (χ2n) is 9.98. The van der Waals surface area contributed by atoms with Crippen molar-refractivity contribution in [1.29, 1.82) is 0 Å². The van der Waals surface area contributed by atoms with E-state index in [0.717, 1.165) is 4.90 Å². The minimum absolute atomic E-state index is 0.0563. The van der Waals surface area contributed by atoms with Gasteiger partial charge in [-0.2, -0.15) is 18.3 Å². The van der Waals surface area contributed by atoms with Gasteiger partial charge in [-0.3, -0.25) is 4.79 Å². The van der Waals surface area contributed by atoms with Crippen molar-refractivity contribution >= 4 is 17.5 Å². The van der Waals surface area contributed by atoms with Crippen molar-refractivity contribution in [3.05, 3.63) is 41.1 Å². The third kappa shape index (κ3) is 5.72. The average molecular weight is 577 g/mol. The summed E-state index contributed by atoms with van der Waals surface area (Å²) in [6, 6.07) is -1.39. The number of urea groups is 1. The molecule has 3 aromatic heterocycles. The van der Waals surface area contributed by atoms with Crippen LogP contribution in [0, 0.1) is 5.92 Å². The molecule has 0 radical (unpaired) electrons. The number of nitrogens with zero attached hydrogens (tertiary/aromatic N) is 6. The Bertz CT molecular complexity index is 1400. The molecule has 0 unspecified atom stereocenters. The molecule has 0 spiro atoms. The van der Waals surface area contributed by atoms with E-state index in [1.165, 1.54) is 23.0 Å². The zero-order valence-corrected chi connectivity index (χ0v) is 20.5. The van der Waals surface area contributed by atoms with Crippen LogP contribution in [0.1, 0.15) is 71.9 Å². The standard InChI is InChI=1S/C23H22F7N7O3/c24-20(25)19-18(34-40-35-19)15(38)6-13(12-1-3-22(26,27)4-2-12)14-9-37-17(32-14)5-11(7-31-37)8-36-10-16(23(28,29)30)33-21(36)39/h5,7,9,12-13,16,20H,1-4,6,8,10H2,(H,33,39)/t13-,16-/m0/s1. The lowest BCUT2D eigenvalue weighted by molar-refractivity contribution is -0.149. The number of hydrogen-bond acceptors (Lipinski definition) is 7. The highest BCUT2D eigenvalue weighted by atomic mass is 19.4. The van der Waals surface area contributed by atoms with Crippen molar-refractivity contribution in [2.45, 2.75) is 69.1 Å². The molecular weight excluding hydrogens is 555 g/mol. The number of carbonyl (C=O) groups is 2. The Hall–Kier alpha value is -3.79. The van der Waals surface area contributed by atoms with Crippen LogP contribution in [0.2, 0.25) is 0 Å². The van der Waals surface area contributed by atoms with Crippen LogP contribution in [-0.2, 0) is 6.54 Å². The first kappa shape index (κ1) is 27.8. The highest BCUT2D eigenvalue weighted by Crippen LogP contribution is 2.44. The first-order valence-corrected chi connectivity index (χ1v) is 12.3. The van der Waals surface area contributed by atoms with Crippen molar-refractivity contribution in [2.24, 2.45) is 5.92 Å². The van der Waals surface area contributed by atoms with Crippen LogP contribution in [0.15, 0.2) is 23.1 Å². The summed E-state index contributed by atoms with van der Waals surface area (Å²) in [7, 11) is 0. The Morgan fingerprint density at radius 1 is 1.20 bits per heavy atom. The predicted octanol–water partition coefficient (Wildman–Crippen LogP) is 4.69. The van der Waals surface area contributed by atoms with Crippen molar-refractivity contribution in [3.8, 4) is 0 Å². The van der Waals surface area contributed by atoms with Crippen molar-refractivity contribution in [2.75, 3.05) is 6.54 Å². The zero-order chi connectivity index (χ0) is 28.8. The summed E-state index contributed by atoms with van der Waals surface area (Å²) in [5, 5.41) is 12.4. The number of aromatic nitrogens is 5. The number of ketones is 1. The lowest BCUT2D eigenvalue weighted by atomic mass is 9.75. The first-order chi connectivity index (χ1) is 18.8. The third-order valence-electron chi connectivity index (χ3n) is 7.25. The quantitative estimate of drug-likeness (QED) is 0.305. The van der Waals surface area contributed by atoms with Gasteiger partial charge >= 0.3 is 12.2 Å². The molecule has 40 heavy (non-hydrogen) atoms. The van der Waals surface area contributed by atoms with Gasteiger partial charge in [0.25, 0.3) is 6.43 Å². The molecule has 0 aromatic carbocycles. The van der Waals surface area contributed by atoms with Crippen LogP contribution in [0.25, 0.3) is 5.65 Å². The molecule has 2 fully saturated rings. The van der Waals surface area contributed by atoms with Crippen molar-refractivity contribution < 1.29 is 45.0 Å². The molecular formula is C23H22F7N7O3. The van der Waals surface area contributed by atoms with Gasteiger partial charge in [-0.1, -0.05) is 0 Å². The fourth-order valence-electron chi connectivity index (χ4n) is 5.14. The molecule has 1 saturated carbocycles. The Balaban J connectivity index is 1.39. The van der Waals surface area contributed by atoms with Gasteiger partial charge in [0.05, 0.1) is 24.6 Å². The largest absolute Gasteiger partial charge is 0.410 e. The summed E-state index contributed by atoms with van der Waals surface area (Å²) in [5.74, 6) is -4.86. The minimum Gasteiger partial charge on any atom is -0.324 e. The van der Waals surface area contributed by atoms with Crippen molar-refractivity contribution in [3.63, 3.8) is 0 Å². The SMILES string of the molecule is O=C(C[C@H](c1cn2ncc(CN3C[C@@H](C(F)(F)F)NC3=O)cc2n1)C1CCC(F)(F)CC1)c1nonc1C(F)F. The minimum atomic E-state index is -4.60. The number of fused-ring (bicyclic) bond motifs is 1. The lowest BCUT2D eigenvalue weighted by Gasteiger charge is -2.32. The molecule has 1 aliphatic heterocycles. The molecule has 1 saturated heterocycles. The maximum atomic E-state index is 13.9. The molecule has 5 rings (SSSR count). The van der Waals surface area contributed by atoms with Gasteiger partial charge in [-0.25, -0.2) is 36.5 Å². The summed E-state index contributed by atoms with van der Waals surface area (Å²) in [6.07, 6.45) is -6.00. The van der Waals surface area contributed by atoms with Gasteiger partial charge < -0.3 is 10.2 Å². The molecule has 2 aliphatic rings. The normalized spacial score (nSPS) is 20.9. The van der Waals surface area contributed by atoms with Gasteiger partial charge in [0.1, 0.15) is 6.04 Å². The Labute approximate surface area is 220 Å². The molecule has 3 aromatic rings. The van der Waals surface area contributed by atoms with Crippen LogP contribution in [0.4, 0.5) is 35.5 Å². The molecule has 1 aliphatic carbocycles. The number of carbonyl (C=O) groups excluding carboxylic acids is 2. The van der Waals surface area contributed by atoms with E-state index in [4.69, 9.17) is 0 Å². The monoisotopic (exact) mass is 577 g/mol. The molecule has 10 nitrogen and oxygen atoms in total. The molecule has 2 atom stereocenters. The van der Waals surface area contributed by atoms with Crippen molar-refractivity contribution in [1.82, 2.24) is 35.1 Å². The zero-order valence-electron chi connectivity index (χ0n) is 20.5. The fraction of sp³-hybridized carbons (Fsp3) is 0.565. The smallest absolute Gasteiger partial charge is 0.324 e. The second kappa shape index (κ2) is 10.3. The van der Waals surface area contributed by atoms with E-state index in [1.807, 2.05) is 5.32 Å². The first-order valence-electron chi connectivity index (χ1n) is 12.3. The molecule has 0 bridgehead atoms. The fourth-order valence-corrected chi connectivity index (χ4v) is 5.14. The molecule has 4 heterocycles. The van der Waals surface area contributed by atoms with Gasteiger partial charge in [0, 0.05) is 31.7 Å². The second-order valence-corrected chi connectivity index (χ2v) is 9.98. The van der Waals surface area contributed by atoms with Crippen LogP contribution in [0.5, 0.6) is 0 Å². The van der Waals surface area contributed by atoms with E-state index in [-0.39, 0.29) is 31.5 Å². The summed E-state index contributed by atoms with van der Waals surface area (Å²) in [5.41, 5.74) is -0.665. The molecule has 17 heteroatoms. The highest BCUT2D eigenvalue weighted by Gasteiger charge is 2.47. The van der Waals surface area contributed by atoms with Crippen LogP contribution in [0.3, 0.4) is 0 Å². The third-order valence-corrected chi connectivity index (χ3v) is 7.25. The Morgan fingerprint density at radius 3 is 2.58 bits per heavy atom. The topological polar surface area (TPSA) is 119 Å². The van der Waals surface area contributed by atoms with E-state index in [2.05, 4.69) is 25.0 Å². The maximum absolute atomic E-state index is 13.9. The summed E-state index contributed by atoms with van der Waals surface area (Å²) in [6.45, 7) is -0.763. The molecule has 216 valence electrons. The van der Waals surface area contributed by atoms with E-state index in [0.29, 0.717) is 11.3 Å². The van der Waals surface area contributed by atoms with E-state index < -0.39 is 79.0 Å². The average Bonchev–Trinajstić information content (AvgIpc) is 3.61. The van der Waals surface area contributed by atoms with E-state index in [9.17, 15) is 40.3 Å². The Kier molecular flexibility index (Phi) is 7.16. The van der Waals surface area contributed by atoms with E-state index in [1.54, 1.807) is 0 Å². The maximum Gasteiger partial charge on any atom is 0.410 e. The van der Waals surface area contributed by atoms with Gasteiger partial charge in [0.15, 0.2) is 22.8 Å². The molecule has 1 N–H and O–H groups in total. The number of amides is 2. The van der Waals surface area contributed by atoms with Crippen LogP contribution in [-0.4, -0.2) is 66.3 Å². The highest BCUT2D eigenvalue weighted by molar-refractivity contribution is 5.95.